The van der Waals surface area contributed by atoms with Gasteiger partial charge in [-0.25, -0.2) is 4.98 Å². The lowest BCUT2D eigenvalue weighted by Crippen LogP contribution is -2.23. The van der Waals surface area contributed by atoms with Crippen LogP contribution in [-0.4, -0.2) is 21.1 Å². The van der Waals surface area contributed by atoms with E-state index >= 15 is 0 Å². The smallest absolute Gasteiger partial charge is 0.266 e. The van der Waals surface area contributed by atoms with Crippen LogP contribution in [0.5, 0.6) is 0 Å². The molecule has 5 heteroatoms. The van der Waals surface area contributed by atoms with Gasteiger partial charge in [0, 0.05) is 5.56 Å². The number of hydrogen-bond donors (Lipinski definition) is 0. The summed E-state index contributed by atoms with van der Waals surface area (Å²) in [6.45, 7) is 4.23. The molecule has 1 aliphatic rings. The van der Waals surface area contributed by atoms with Crippen LogP contribution >= 0.6 is 11.8 Å². The van der Waals surface area contributed by atoms with Gasteiger partial charge in [-0.05, 0) is 54.0 Å². The van der Waals surface area contributed by atoms with Gasteiger partial charge in [0.2, 0.25) is 0 Å². The Morgan fingerprint density at radius 2 is 1.64 bits per heavy atom. The second-order valence-corrected chi connectivity index (χ2v) is 10.9. The fraction of sp³-hybridized carbons (Fsp3) is 0.323. The predicted octanol–water partition coefficient (Wildman–Crippen LogP) is 7.53. The standard InChI is InChI=1S/C31H32N2O2S/c1-21(2)25-12-7-9-15-28(25)33-30(35)26-13-6-8-14-27(26)32-31(33)36-20-29(34)24-18-16-23(17-19-24)22-10-4-3-5-11-22/h6-9,12-19,21-22H,3-5,10-11,20H2,1-2H3. The third-order valence-corrected chi connectivity index (χ3v) is 8.12. The van der Waals surface area contributed by atoms with Crippen LogP contribution in [-0.2, 0) is 0 Å². The minimum atomic E-state index is -0.111. The number of carbonyl (C=O) groups is 1. The van der Waals surface area contributed by atoms with Gasteiger partial charge in [-0.15, -0.1) is 0 Å². The summed E-state index contributed by atoms with van der Waals surface area (Å²) >= 11 is 1.33. The molecule has 0 aliphatic heterocycles. The number of para-hydroxylation sites is 2. The van der Waals surface area contributed by atoms with E-state index in [0.29, 0.717) is 27.5 Å². The average molecular weight is 497 g/mol. The van der Waals surface area contributed by atoms with Crippen molar-refractivity contribution in [1.29, 1.82) is 0 Å². The van der Waals surface area contributed by atoms with E-state index in [-0.39, 0.29) is 23.0 Å². The number of Topliss-reactive ketones (excluding diaryl/α,β-unsaturated/α-hetero) is 1. The van der Waals surface area contributed by atoms with E-state index in [1.54, 1.807) is 4.57 Å². The third-order valence-electron chi connectivity index (χ3n) is 7.19. The molecule has 5 rings (SSSR count). The molecule has 184 valence electrons. The molecule has 0 amide bonds. The van der Waals surface area contributed by atoms with Crippen LogP contribution in [0.15, 0.2) is 82.7 Å². The van der Waals surface area contributed by atoms with Crippen LogP contribution in [0.3, 0.4) is 0 Å². The van der Waals surface area contributed by atoms with Gasteiger partial charge in [0.15, 0.2) is 10.9 Å². The Bertz CT molecular complexity index is 1430. The first-order valence-corrected chi connectivity index (χ1v) is 13.9. The van der Waals surface area contributed by atoms with Crippen LogP contribution in [0, 0.1) is 0 Å². The van der Waals surface area contributed by atoms with Gasteiger partial charge >= 0.3 is 0 Å². The fourth-order valence-electron chi connectivity index (χ4n) is 5.19. The van der Waals surface area contributed by atoms with E-state index in [1.807, 2.05) is 54.6 Å². The Labute approximate surface area is 216 Å². The minimum Gasteiger partial charge on any atom is -0.293 e. The summed E-state index contributed by atoms with van der Waals surface area (Å²) in [6.07, 6.45) is 6.41. The van der Waals surface area contributed by atoms with Crippen LogP contribution in [0.25, 0.3) is 16.6 Å². The number of rotatable bonds is 7. The average Bonchev–Trinajstić information content (AvgIpc) is 2.92. The molecule has 4 aromatic rings. The monoisotopic (exact) mass is 496 g/mol. The van der Waals surface area contributed by atoms with Crippen molar-refractivity contribution in [2.24, 2.45) is 0 Å². The molecule has 0 radical (unpaired) electrons. The Kier molecular flexibility index (Phi) is 7.38. The van der Waals surface area contributed by atoms with Crippen LogP contribution in [0.1, 0.15) is 79.3 Å². The maximum Gasteiger partial charge on any atom is 0.266 e. The third kappa shape index (κ3) is 5.03. The van der Waals surface area contributed by atoms with Crippen molar-refractivity contribution < 1.29 is 4.79 Å². The molecule has 0 N–H and O–H groups in total. The summed E-state index contributed by atoms with van der Waals surface area (Å²) in [5.41, 5.74) is 4.48. The topological polar surface area (TPSA) is 52.0 Å². The highest BCUT2D eigenvalue weighted by Gasteiger charge is 2.19. The summed E-state index contributed by atoms with van der Waals surface area (Å²) in [6, 6.07) is 23.5. The molecule has 1 saturated carbocycles. The maximum absolute atomic E-state index is 13.7. The number of carbonyl (C=O) groups excluding carboxylic acids is 1. The molecule has 3 aromatic carbocycles. The number of hydrogen-bond acceptors (Lipinski definition) is 4. The first-order valence-electron chi connectivity index (χ1n) is 12.9. The number of thioether (sulfide) groups is 1. The zero-order valence-electron chi connectivity index (χ0n) is 20.9. The number of ketones is 1. The molecular formula is C31H32N2O2S. The molecule has 36 heavy (non-hydrogen) atoms. The van der Waals surface area contributed by atoms with Crippen molar-refractivity contribution in [3.8, 4) is 5.69 Å². The lowest BCUT2D eigenvalue weighted by atomic mass is 9.84. The molecule has 0 bridgehead atoms. The summed E-state index contributed by atoms with van der Waals surface area (Å²) < 4.78 is 1.68. The lowest BCUT2D eigenvalue weighted by Gasteiger charge is -2.22. The summed E-state index contributed by atoms with van der Waals surface area (Å²) in [7, 11) is 0. The Morgan fingerprint density at radius 3 is 2.39 bits per heavy atom. The van der Waals surface area contributed by atoms with Crippen molar-refractivity contribution in [3.05, 3.63) is 99.8 Å². The summed E-state index contributed by atoms with van der Waals surface area (Å²) in [5, 5.41) is 1.11. The van der Waals surface area contributed by atoms with Crippen LogP contribution in [0.2, 0.25) is 0 Å². The molecule has 1 aromatic heterocycles. The Morgan fingerprint density at radius 1 is 0.944 bits per heavy atom. The molecule has 1 fully saturated rings. The van der Waals surface area contributed by atoms with E-state index in [4.69, 9.17) is 4.98 Å². The van der Waals surface area contributed by atoms with E-state index in [1.165, 1.54) is 49.4 Å². The molecule has 4 nitrogen and oxygen atoms in total. The van der Waals surface area contributed by atoms with Gasteiger partial charge < -0.3 is 0 Å². The highest BCUT2D eigenvalue weighted by molar-refractivity contribution is 7.99. The van der Waals surface area contributed by atoms with Crippen LogP contribution < -0.4 is 5.56 Å². The quantitative estimate of drug-likeness (QED) is 0.151. The molecular weight excluding hydrogens is 464 g/mol. The zero-order chi connectivity index (χ0) is 25.1. The van der Waals surface area contributed by atoms with Crippen molar-refractivity contribution in [1.82, 2.24) is 9.55 Å². The number of aromatic nitrogens is 2. The van der Waals surface area contributed by atoms with Gasteiger partial charge in [0.1, 0.15) is 0 Å². The maximum atomic E-state index is 13.7. The van der Waals surface area contributed by atoms with E-state index in [9.17, 15) is 9.59 Å². The van der Waals surface area contributed by atoms with Gasteiger partial charge in [-0.1, -0.05) is 99.5 Å². The predicted molar refractivity (Wildman–Crippen MR) is 149 cm³/mol. The number of benzene rings is 3. The largest absolute Gasteiger partial charge is 0.293 e. The number of fused-ring (bicyclic) bond motifs is 1. The molecule has 0 atom stereocenters. The van der Waals surface area contributed by atoms with Crippen molar-refractivity contribution >= 4 is 28.4 Å². The summed E-state index contributed by atoms with van der Waals surface area (Å²) in [5.74, 6) is 1.12. The minimum absolute atomic E-state index is 0.0429. The highest BCUT2D eigenvalue weighted by atomic mass is 32.2. The highest BCUT2D eigenvalue weighted by Crippen LogP contribution is 2.33. The molecule has 0 unspecified atom stereocenters. The van der Waals surface area contributed by atoms with Gasteiger partial charge in [-0.2, -0.15) is 0 Å². The molecule has 1 aliphatic carbocycles. The Hall–Kier alpha value is -3.18. The van der Waals surface area contributed by atoms with Gasteiger partial charge in [0.05, 0.1) is 22.3 Å². The first kappa shape index (κ1) is 24.5. The van der Waals surface area contributed by atoms with Crippen molar-refractivity contribution in [3.63, 3.8) is 0 Å². The van der Waals surface area contributed by atoms with Gasteiger partial charge in [-0.3, -0.25) is 14.2 Å². The van der Waals surface area contributed by atoms with E-state index in [2.05, 4.69) is 32.0 Å². The van der Waals surface area contributed by atoms with Crippen LogP contribution in [0.4, 0.5) is 0 Å². The summed E-state index contributed by atoms with van der Waals surface area (Å²) in [4.78, 5) is 31.6. The second kappa shape index (κ2) is 10.8. The molecule has 1 heterocycles. The van der Waals surface area contributed by atoms with Crippen molar-refractivity contribution in [2.75, 3.05) is 5.75 Å². The Balaban J connectivity index is 1.45. The van der Waals surface area contributed by atoms with Crippen molar-refractivity contribution in [2.45, 2.75) is 62.9 Å². The van der Waals surface area contributed by atoms with E-state index in [0.717, 1.165) is 11.3 Å². The molecule has 0 spiro atoms. The first-order chi connectivity index (χ1) is 17.5. The lowest BCUT2D eigenvalue weighted by molar-refractivity contribution is 0.102. The normalized spacial score (nSPS) is 14.4. The SMILES string of the molecule is CC(C)c1ccccc1-n1c(SCC(=O)c2ccc(C3CCCCC3)cc2)nc2ccccc2c1=O. The number of nitrogens with zero attached hydrogens (tertiary/aromatic N) is 2. The van der Waals surface area contributed by atoms with Gasteiger partial charge in [0.25, 0.3) is 5.56 Å². The zero-order valence-corrected chi connectivity index (χ0v) is 21.8. The molecule has 0 saturated heterocycles. The second-order valence-electron chi connectivity index (χ2n) is 9.93. The fourth-order valence-corrected chi connectivity index (χ4v) is 6.09. The van der Waals surface area contributed by atoms with E-state index < -0.39 is 0 Å².